The van der Waals surface area contributed by atoms with Crippen LogP contribution in [0.1, 0.15) is 34.6 Å². The SMILES string of the molecule is Cc1ccc(S(=O)(=O)C2CCN(C(=O)c3cc(C)n(C)n3)CC2)cc1. The number of rotatable bonds is 3. The van der Waals surface area contributed by atoms with E-state index >= 15 is 0 Å². The predicted octanol–water partition coefficient (Wildman–Crippen LogP) is 2.12. The summed E-state index contributed by atoms with van der Waals surface area (Å²) in [4.78, 5) is 14.6. The van der Waals surface area contributed by atoms with E-state index in [1.807, 2.05) is 26.0 Å². The Kier molecular flexibility index (Phi) is 4.69. The highest BCUT2D eigenvalue weighted by atomic mass is 32.2. The van der Waals surface area contributed by atoms with E-state index < -0.39 is 15.1 Å². The average Bonchev–Trinajstić information content (AvgIpc) is 2.94. The van der Waals surface area contributed by atoms with Crippen LogP contribution in [0.25, 0.3) is 0 Å². The summed E-state index contributed by atoms with van der Waals surface area (Å²) in [5.74, 6) is -0.130. The Hall–Kier alpha value is -2.15. The first kappa shape index (κ1) is 17.7. The molecule has 1 amide bonds. The molecule has 1 saturated heterocycles. The van der Waals surface area contributed by atoms with Gasteiger partial charge in [0, 0.05) is 25.8 Å². The fourth-order valence-corrected chi connectivity index (χ4v) is 4.85. The normalized spacial score (nSPS) is 16.2. The van der Waals surface area contributed by atoms with E-state index in [-0.39, 0.29) is 5.91 Å². The van der Waals surface area contributed by atoms with Gasteiger partial charge in [-0.3, -0.25) is 9.48 Å². The number of aromatic nitrogens is 2. The van der Waals surface area contributed by atoms with Crippen LogP contribution in [-0.4, -0.2) is 47.3 Å². The van der Waals surface area contributed by atoms with Crippen molar-refractivity contribution in [2.45, 2.75) is 36.8 Å². The zero-order chi connectivity index (χ0) is 18.2. The van der Waals surface area contributed by atoms with Crippen molar-refractivity contribution >= 4 is 15.7 Å². The smallest absolute Gasteiger partial charge is 0.274 e. The molecule has 6 nitrogen and oxygen atoms in total. The molecule has 3 rings (SSSR count). The lowest BCUT2D eigenvalue weighted by molar-refractivity contribution is 0.0719. The van der Waals surface area contributed by atoms with Crippen molar-refractivity contribution in [2.75, 3.05) is 13.1 Å². The van der Waals surface area contributed by atoms with E-state index in [9.17, 15) is 13.2 Å². The topological polar surface area (TPSA) is 72.3 Å². The molecule has 0 saturated carbocycles. The molecule has 1 aliphatic heterocycles. The van der Waals surface area contributed by atoms with Crippen molar-refractivity contribution in [3.05, 3.63) is 47.3 Å². The number of carbonyl (C=O) groups is 1. The molecule has 0 bridgehead atoms. The number of carbonyl (C=O) groups excluding carboxylic acids is 1. The molecule has 0 aliphatic carbocycles. The molecule has 0 spiro atoms. The highest BCUT2D eigenvalue weighted by Crippen LogP contribution is 2.25. The molecule has 134 valence electrons. The number of hydrogen-bond acceptors (Lipinski definition) is 4. The highest BCUT2D eigenvalue weighted by molar-refractivity contribution is 7.92. The summed E-state index contributed by atoms with van der Waals surface area (Å²) in [6.45, 7) is 4.69. The number of nitrogens with zero attached hydrogens (tertiary/aromatic N) is 3. The number of sulfone groups is 1. The van der Waals surface area contributed by atoms with Gasteiger partial charge in [0.1, 0.15) is 0 Å². The standard InChI is InChI=1S/C18H23N3O3S/c1-13-4-6-15(7-5-13)25(23,24)16-8-10-21(11-9-16)18(22)17-12-14(2)20(3)19-17/h4-7,12,16H,8-11H2,1-3H3. The molecule has 1 aromatic heterocycles. The summed E-state index contributed by atoms with van der Waals surface area (Å²) in [7, 11) is -1.55. The Bertz CT molecular complexity index is 857. The first-order valence-electron chi connectivity index (χ1n) is 8.39. The van der Waals surface area contributed by atoms with Crippen molar-refractivity contribution < 1.29 is 13.2 Å². The molecule has 2 heterocycles. The second-order valence-corrected chi connectivity index (χ2v) is 8.87. The predicted molar refractivity (Wildman–Crippen MR) is 95.2 cm³/mol. The monoisotopic (exact) mass is 361 g/mol. The summed E-state index contributed by atoms with van der Waals surface area (Å²) in [5.41, 5.74) is 2.37. The van der Waals surface area contributed by atoms with E-state index in [4.69, 9.17) is 0 Å². The Labute approximate surface area is 148 Å². The third-order valence-corrected chi connectivity index (χ3v) is 7.13. The second-order valence-electron chi connectivity index (χ2n) is 6.64. The van der Waals surface area contributed by atoms with Gasteiger partial charge in [0.15, 0.2) is 15.5 Å². The Morgan fingerprint density at radius 3 is 2.24 bits per heavy atom. The molecular formula is C18H23N3O3S. The lowest BCUT2D eigenvalue weighted by Gasteiger charge is -2.31. The van der Waals surface area contributed by atoms with E-state index in [1.54, 1.807) is 34.8 Å². The van der Waals surface area contributed by atoms with Crippen LogP contribution in [0.15, 0.2) is 35.2 Å². The van der Waals surface area contributed by atoms with E-state index in [0.717, 1.165) is 11.3 Å². The highest BCUT2D eigenvalue weighted by Gasteiger charge is 2.33. The minimum atomic E-state index is -3.35. The van der Waals surface area contributed by atoms with Crippen LogP contribution < -0.4 is 0 Å². The van der Waals surface area contributed by atoms with E-state index in [0.29, 0.717) is 36.5 Å². The van der Waals surface area contributed by atoms with Gasteiger partial charge in [-0.1, -0.05) is 17.7 Å². The Balaban J connectivity index is 1.69. The fraction of sp³-hybridized carbons (Fsp3) is 0.444. The molecule has 25 heavy (non-hydrogen) atoms. The summed E-state index contributed by atoms with van der Waals surface area (Å²) >= 11 is 0. The number of amides is 1. The fourth-order valence-electron chi connectivity index (χ4n) is 3.12. The van der Waals surface area contributed by atoms with Crippen LogP contribution in [0.2, 0.25) is 0 Å². The second kappa shape index (κ2) is 6.63. The van der Waals surface area contributed by atoms with Gasteiger partial charge in [-0.25, -0.2) is 8.42 Å². The largest absolute Gasteiger partial charge is 0.337 e. The summed E-state index contributed by atoms with van der Waals surface area (Å²) < 4.78 is 27.2. The summed E-state index contributed by atoms with van der Waals surface area (Å²) in [5, 5.41) is 3.78. The Morgan fingerprint density at radius 2 is 1.72 bits per heavy atom. The average molecular weight is 361 g/mol. The van der Waals surface area contributed by atoms with Gasteiger partial charge in [0.2, 0.25) is 0 Å². The molecule has 1 aliphatic rings. The molecule has 7 heteroatoms. The number of piperidine rings is 1. The van der Waals surface area contributed by atoms with Gasteiger partial charge < -0.3 is 4.90 Å². The lowest BCUT2D eigenvalue weighted by atomic mass is 10.1. The molecule has 2 aromatic rings. The minimum Gasteiger partial charge on any atom is -0.337 e. The van der Waals surface area contributed by atoms with Gasteiger partial charge in [0.25, 0.3) is 5.91 Å². The van der Waals surface area contributed by atoms with Crippen molar-refractivity contribution in [1.82, 2.24) is 14.7 Å². The molecular weight excluding hydrogens is 338 g/mol. The van der Waals surface area contributed by atoms with E-state index in [1.165, 1.54) is 0 Å². The minimum absolute atomic E-state index is 0.130. The molecule has 0 atom stereocenters. The van der Waals surface area contributed by atoms with Crippen LogP contribution in [0.4, 0.5) is 0 Å². The quantitative estimate of drug-likeness (QED) is 0.839. The Morgan fingerprint density at radius 1 is 1.12 bits per heavy atom. The van der Waals surface area contributed by atoms with Crippen molar-refractivity contribution in [3.63, 3.8) is 0 Å². The van der Waals surface area contributed by atoms with Crippen molar-refractivity contribution in [2.24, 2.45) is 7.05 Å². The molecule has 0 radical (unpaired) electrons. The van der Waals surface area contributed by atoms with Crippen molar-refractivity contribution in [3.8, 4) is 0 Å². The van der Waals surface area contributed by atoms with Crippen molar-refractivity contribution in [1.29, 1.82) is 0 Å². The summed E-state index contributed by atoms with van der Waals surface area (Å²) in [6.07, 6.45) is 0.904. The molecule has 0 unspecified atom stereocenters. The maximum atomic E-state index is 12.8. The van der Waals surface area contributed by atoms with Crippen LogP contribution in [0.5, 0.6) is 0 Å². The molecule has 1 aromatic carbocycles. The number of benzene rings is 1. The number of hydrogen-bond donors (Lipinski definition) is 0. The first-order valence-corrected chi connectivity index (χ1v) is 9.94. The van der Waals surface area contributed by atoms with Gasteiger partial charge in [-0.15, -0.1) is 0 Å². The van der Waals surface area contributed by atoms with Gasteiger partial charge in [-0.05, 0) is 44.9 Å². The van der Waals surface area contributed by atoms with Gasteiger partial charge in [0.05, 0.1) is 10.1 Å². The first-order chi connectivity index (χ1) is 11.8. The van der Waals surface area contributed by atoms with Crippen LogP contribution in [-0.2, 0) is 16.9 Å². The number of likely N-dealkylation sites (tertiary alicyclic amines) is 1. The third-order valence-electron chi connectivity index (χ3n) is 4.85. The zero-order valence-electron chi connectivity index (χ0n) is 14.8. The summed E-state index contributed by atoms with van der Waals surface area (Å²) in [6, 6.07) is 8.72. The zero-order valence-corrected chi connectivity index (χ0v) is 15.6. The van der Waals surface area contributed by atoms with Gasteiger partial charge in [-0.2, -0.15) is 5.10 Å². The third kappa shape index (κ3) is 3.46. The number of aryl methyl sites for hydroxylation is 3. The van der Waals surface area contributed by atoms with E-state index in [2.05, 4.69) is 5.10 Å². The lowest BCUT2D eigenvalue weighted by Crippen LogP contribution is -2.42. The van der Waals surface area contributed by atoms with Gasteiger partial charge >= 0.3 is 0 Å². The maximum Gasteiger partial charge on any atom is 0.274 e. The maximum absolute atomic E-state index is 12.8. The molecule has 1 fully saturated rings. The molecule has 0 N–H and O–H groups in total. The van der Waals surface area contributed by atoms with Crippen LogP contribution in [0.3, 0.4) is 0 Å². The van der Waals surface area contributed by atoms with Crippen LogP contribution in [0, 0.1) is 13.8 Å². The van der Waals surface area contributed by atoms with Crippen LogP contribution >= 0.6 is 0 Å².